The minimum Gasteiger partial charge on any atom is -0.481 e. The summed E-state index contributed by atoms with van der Waals surface area (Å²) in [5.74, 6) is -6.00. The number of amides is 5. The minimum atomic E-state index is -1.39. The van der Waals surface area contributed by atoms with Crippen molar-refractivity contribution in [2.45, 2.75) is 116 Å². The fourth-order valence-corrected chi connectivity index (χ4v) is 3.89. The van der Waals surface area contributed by atoms with E-state index in [0.29, 0.717) is 25.8 Å². The van der Waals surface area contributed by atoms with Crippen molar-refractivity contribution in [3.63, 3.8) is 0 Å². The Morgan fingerprint density at radius 1 is 0.651 bits per heavy atom. The number of carboxylic acid groups (broad SMARTS) is 2. The molecule has 0 saturated heterocycles. The average molecular weight is 616 g/mol. The molecule has 0 rings (SSSR count). The number of carbonyl (C=O) groups is 7. The van der Waals surface area contributed by atoms with Gasteiger partial charge in [-0.25, -0.2) is 4.79 Å². The Labute approximate surface area is 251 Å². The smallest absolute Gasteiger partial charge is 0.326 e. The summed E-state index contributed by atoms with van der Waals surface area (Å²) in [5.41, 5.74) is 11.3. The van der Waals surface area contributed by atoms with E-state index >= 15 is 0 Å². The van der Waals surface area contributed by atoms with Crippen LogP contribution in [-0.4, -0.2) is 94.5 Å². The van der Waals surface area contributed by atoms with E-state index < -0.39 is 84.1 Å². The fourth-order valence-electron chi connectivity index (χ4n) is 3.89. The van der Waals surface area contributed by atoms with Gasteiger partial charge < -0.3 is 48.3 Å². The summed E-state index contributed by atoms with van der Waals surface area (Å²) in [6.45, 7) is 8.46. The first-order valence-electron chi connectivity index (χ1n) is 14.5. The second kappa shape index (κ2) is 20.2. The Morgan fingerprint density at radius 2 is 1.14 bits per heavy atom. The quantitative estimate of drug-likeness (QED) is 0.0657. The van der Waals surface area contributed by atoms with E-state index in [-0.39, 0.29) is 25.2 Å². The molecule has 246 valence electrons. The fraction of sp³-hybridized carbons (Fsp3) is 0.741. The highest BCUT2D eigenvalue weighted by molar-refractivity contribution is 5.96. The van der Waals surface area contributed by atoms with Crippen LogP contribution in [0.2, 0.25) is 0 Å². The number of carboxylic acids is 2. The van der Waals surface area contributed by atoms with Crippen LogP contribution in [0.15, 0.2) is 0 Å². The van der Waals surface area contributed by atoms with E-state index in [1.54, 1.807) is 6.92 Å². The van der Waals surface area contributed by atoms with E-state index in [4.69, 9.17) is 16.6 Å². The van der Waals surface area contributed by atoms with Crippen LogP contribution >= 0.6 is 0 Å². The zero-order valence-electron chi connectivity index (χ0n) is 25.6. The van der Waals surface area contributed by atoms with Crippen LogP contribution < -0.4 is 38.1 Å². The Bertz CT molecular complexity index is 976. The number of unbranched alkanes of at least 4 members (excludes halogenated alkanes) is 1. The van der Waals surface area contributed by atoms with Gasteiger partial charge in [0.2, 0.25) is 29.5 Å². The van der Waals surface area contributed by atoms with Crippen molar-refractivity contribution < 1.29 is 43.8 Å². The Kier molecular flexibility index (Phi) is 18.4. The summed E-state index contributed by atoms with van der Waals surface area (Å²) < 4.78 is 0. The highest BCUT2D eigenvalue weighted by Gasteiger charge is 2.30. The third kappa shape index (κ3) is 15.9. The van der Waals surface area contributed by atoms with Crippen LogP contribution in [-0.2, 0) is 33.6 Å². The van der Waals surface area contributed by atoms with Crippen molar-refractivity contribution in [3.8, 4) is 0 Å². The van der Waals surface area contributed by atoms with Gasteiger partial charge >= 0.3 is 11.9 Å². The predicted octanol–water partition coefficient (Wildman–Crippen LogP) is -1.69. The van der Waals surface area contributed by atoms with Gasteiger partial charge in [0.25, 0.3) is 0 Å². The van der Waals surface area contributed by atoms with Gasteiger partial charge in [0.15, 0.2) is 0 Å². The molecule has 0 heterocycles. The summed E-state index contributed by atoms with van der Waals surface area (Å²) in [4.78, 5) is 86.1. The second-order valence-electron chi connectivity index (χ2n) is 10.8. The van der Waals surface area contributed by atoms with Crippen molar-refractivity contribution in [2.24, 2.45) is 17.4 Å². The molecule has 0 spiro atoms. The topological polar surface area (TPSA) is 272 Å². The van der Waals surface area contributed by atoms with Crippen LogP contribution in [0.25, 0.3) is 0 Å². The van der Waals surface area contributed by atoms with Crippen molar-refractivity contribution in [1.29, 1.82) is 0 Å². The van der Waals surface area contributed by atoms with Crippen molar-refractivity contribution in [3.05, 3.63) is 0 Å². The molecule has 6 atom stereocenters. The van der Waals surface area contributed by atoms with Gasteiger partial charge in [-0.15, -0.1) is 0 Å². The molecule has 43 heavy (non-hydrogen) atoms. The summed E-state index contributed by atoms with van der Waals surface area (Å²) in [5, 5.41) is 30.5. The molecular weight excluding hydrogens is 566 g/mol. The van der Waals surface area contributed by atoms with Crippen LogP contribution in [0, 0.1) is 5.92 Å². The lowest BCUT2D eigenvalue weighted by Gasteiger charge is -2.25. The number of hydrogen-bond acceptors (Lipinski definition) is 9. The Morgan fingerprint density at radius 3 is 1.58 bits per heavy atom. The van der Waals surface area contributed by atoms with Crippen molar-refractivity contribution >= 4 is 41.5 Å². The van der Waals surface area contributed by atoms with Crippen LogP contribution in [0.4, 0.5) is 0 Å². The zero-order valence-corrected chi connectivity index (χ0v) is 25.6. The van der Waals surface area contributed by atoms with E-state index in [1.165, 1.54) is 13.8 Å². The molecule has 0 saturated carbocycles. The monoisotopic (exact) mass is 615 g/mol. The third-order valence-corrected chi connectivity index (χ3v) is 6.45. The van der Waals surface area contributed by atoms with E-state index in [9.17, 15) is 38.7 Å². The van der Waals surface area contributed by atoms with Gasteiger partial charge in [0.1, 0.15) is 30.2 Å². The van der Waals surface area contributed by atoms with Gasteiger partial charge in [-0.2, -0.15) is 0 Å². The number of rotatable bonds is 21. The summed E-state index contributed by atoms with van der Waals surface area (Å²) in [6, 6.07) is -6.79. The van der Waals surface area contributed by atoms with Gasteiger partial charge in [-0.1, -0.05) is 20.8 Å². The predicted molar refractivity (Wildman–Crippen MR) is 156 cm³/mol. The molecular formula is C27H49N7O9. The normalized spacial score (nSPS) is 15.2. The maximum Gasteiger partial charge on any atom is 0.326 e. The highest BCUT2D eigenvalue weighted by Crippen LogP contribution is 2.05. The van der Waals surface area contributed by atoms with Crippen LogP contribution in [0.5, 0.6) is 0 Å². The lowest BCUT2D eigenvalue weighted by Crippen LogP contribution is -2.58. The molecule has 0 aliphatic carbocycles. The summed E-state index contributed by atoms with van der Waals surface area (Å²) in [6.07, 6.45) is 0.951. The van der Waals surface area contributed by atoms with Gasteiger partial charge in [0, 0.05) is 6.42 Å². The summed E-state index contributed by atoms with van der Waals surface area (Å²) >= 11 is 0. The number of nitrogens with one attached hydrogen (secondary N) is 5. The Hall–Kier alpha value is -3.79. The Balaban J connectivity index is 5.34. The molecule has 0 aliphatic rings. The molecule has 6 unspecified atom stereocenters. The molecule has 0 fully saturated rings. The number of aliphatic carboxylic acids is 2. The van der Waals surface area contributed by atoms with Gasteiger partial charge in [0.05, 0.1) is 6.04 Å². The van der Waals surface area contributed by atoms with Crippen molar-refractivity contribution in [2.75, 3.05) is 6.54 Å². The van der Waals surface area contributed by atoms with Crippen LogP contribution in [0.1, 0.15) is 79.6 Å². The SMILES string of the molecule is CCC(NC(=O)C(N)CC(C)C)C(=O)NC(C)C(=O)NC(CCC(=O)O)C(=O)NC(C)C(=O)NC(CCCCN)C(=O)O. The van der Waals surface area contributed by atoms with Gasteiger partial charge in [-0.05, 0) is 64.8 Å². The molecule has 0 aliphatic heterocycles. The standard InChI is InChI=1S/C27H49N7O9/c1-6-18(32-24(39)17(29)13-14(2)3)25(40)30-15(4)22(37)33-19(10-11-21(35)36)26(41)31-16(5)23(38)34-20(27(42)43)9-7-8-12-28/h14-20H,6-13,28-29H2,1-5H3,(H,30,40)(H,31,41)(H,32,39)(H,33,37)(H,34,38)(H,35,36)(H,42,43). The number of carbonyl (C=O) groups excluding carboxylic acids is 5. The lowest BCUT2D eigenvalue weighted by atomic mass is 10.0. The molecule has 0 aromatic rings. The first kappa shape index (κ1) is 39.2. The molecule has 0 aromatic carbocycles. The minimum absolute atomic E-state index is 0.132. The molecule has 5 amide bonds. The molecule has 0 bridgehead atoms. The van der Waals surface area contributed by atoms with Gasteiger partial charge in [-0.3, -0.25) is 28.8 Å². The molecule has 0 radical (unpaired) electrons. The lowest BCUT2D eigenvalue weighted by molar-refractivity contribution is -0.142. The number of nitrogens with two attached hydrogens (primary N) is 2. The zero-order chi connectivity index (χ0) is 33.3. The van der Waals surface area contributed by atoms with E-state index in [1.807, 2.05) is 13.8 Å². The second-order valence-corrected chi connectivity index (χ2v) is 10.8. The first-order chi connectivity index (χ1) is 20.0. The number of hydrogen-bond donors (Lipinski definition) is 9. The van der Waals surface area contributed by atoms with Crippen molar-refractivity contribution in [1.82, 2.24) is 26.6 Å². The maximum absolute atomic E-state index is 12.9. The van der Waals surface area contributed by atoms with E-state index in [0.717, 1.165) is 0 Å². The largest absolute Gasteiger partial charge is 0.481 e. The molecule has 16 heteroatoms. The average Bonchev–Trinajstić information content (AvgIpc) is 2.91. The van der Waals surface area contributed by atoms with E-state index in [2.05, 4.69) is 26.6 Å². The van der Waals surface area contributed by atoms with Crippen LogP contribution in [0.3, 0.4) is 0 Å². The first-order valence-corrected chi connectivity index (χ1v) is 14.5. The molecule has 0 aromatic heterocycles. The summed E-state index contributed by atoms with van der Waals surface area (Å²) in [7, 11) is 0. The molecule has 16 nitrogen and oxygen atoms in total. The highest BCUT2D eigenvalue weighted by atomic mass is 16.4. The third-order valence-electron chi connectivity index (χ3n) is 6.45. The molecule has 11 N–H and O–H groups in total. The maximum atomic E-state index is 12.9.